The molecule has 0 fully saturated rings. The summed E-state index contributed by atoms with van der Waals surface area (Å²) in [5.74, 6) is 0. The molecule has 0 aliphatic rings. The van der Waals surface area contributed by atoms with Gasteiger partial charge in [0.15, 0.2) is 0 Å². The Bertz CT molecular complexity index is 175. The van der Waals surface area contributed by atoms with Crippen LogP contribution in [-0.4, -0.2) is 32.0 Å². The van der Waals surface area contributed by atoms with Crippen molar-refractivity contribution in [1.29, 1.82) is 0 Å². The summed E-state index contributed by atoms with van der Waals surface area (Å²) in [5, 5.41) is 0. The molecule has 0 atom stereocenters. The van der Waals surface area contributed by atoms with Gasteiger partial charge >= 0.3 is 66.5 Å². The van der Waals surface area contributed by atoms with Gasteiger partial charge in [0.1, 0.15) is 0 Å². The fourth-order valence-corrected chi connectivity index (χ4v) is 3.45. The minimum atomic E-state index is -2.50. The summed E-state index contributed by atoms with van der Waals surface area (Å²) in [6.07, 6.45) is 0. The van der Waals surface area contributed by atoms with Gasteiger partial charge in [0.25, 0.3) is 0 Å². The van der Waals surface area contributed by atoms with Gasteiger partial charge in [0, 0.05) is 16.8 Å². The summed E-state index contributed by atoms with van der Waals surface area (Å²) in [4.78, 5) is 0. The van der Waals surface area contributed by atoms with Crippen LogP contribution < -0.4 is 51.4 Å². The number of rotatable bonds is 3. The smallest absolute Gasteiger partial charge is 0.611 e. The fraction of sp³-hybridized carbons (Fsp3) is 1.00. The molecule has 0 aliphatic carbocycles. The quantitative estimate of drug-likeness (QED) is 0.692. The summed E-state index contributed by atoms with van der Waals surface area (Å²) in [7, 11) is 0. The molecule has 0 heterocycles. The summed E-state index contributed by atoms with van der Waals surface area (Å²) >= 11 is -2.50. The second-order valence-corrected chi connectivity index (χ2v) is 8.70. The summed E-state index contributed by atoms with van der Waals surface area (Å²) in [6, 6.07) is 0. The van der Waals surface area contributed by atoms with Gasteiger partial charge in [-0.05, 0) is 62.3 Å². The van der Waals surface area contributed by atoms with E-state index in [1.165, 1.54) is 0 Å². The van der Waals surface area contributed by atoms with E-state index in [0.29, 0.717) is 0 Å². The molecule has 0 unspecified atom stereocenters. The molecule has 0 saturated heterocycles. The van der Waals surface area contributed by atoms with Crippen molar-refractivity contribution in [2.75, 3.05) is 0 Å². The van der Waals surface area contributed by atoms with Crippen LogP contribution in [-0.2, 0) is 11.4 Å². The van der Waals surface area contributed by atoms with Crippen LogP contribution in [0.3, 0.4) is 0 Å². The summed E-state index contributed by atoms with van der Waals surface area (Å²) in [6.45, 7) is 18.3. The van der Waals surface area contributed by atoms with Crippen LogP contribution in [0.4, 0.5) is 0 Å². The molecule has 3 nitrogen and oxygen atoms in total. The van der Waals surface area contributed by atoms with Crippen molar-refractivity contribution < 1.29 is 62.8 Å². The molecule has 0 saturated carbocycles. The first-order valence-corrected chi connectivity index (χ1v) is 7.71. The molecular weight excluding hydrogens is 258 g/mol. The van der Waals surface area contributed by atoms with Crippen molar-refractivity contribution in [3.63, 3.8) is 0 Å². The minimum Gasteiger partial charge on any atom is -0.611 e. The van der Waals surface area contributed by atoms with Crippen LogP contribution in [0.25, 0.3) is 0 Å². The Morgan fingerprint density at radius 1 is 0.529 bits per heavy atom. The molecule has 0 amide bonds. The third-order valence-electron chi connectivity index (χ3n) is 1.65. The molecular formula is C12H28AlKO3. The first-order valence-electron chi connectivity index (χ1n) is 5.98. The van der Waals surface area contributed by atoms with Crippen LogP contribution >= 0.6 is 0 Å². The standard InChI is InChI=1S/3C4H9O.Al.K.H/c3*1-4(2,3)5;;;/h3*1-3H3;;;/q3*-1;+2;+1;. The molecule has 0 bridgehead atoms. The Balaban J connectivity index is 0. The molecule has 0 aromatic rings. The third kappa shape index (κ3) is 16.0. The normalized spacial score (nSPS) is 13.8. The van der Waals surface area contributed by atoms with E-state index < -0.39 is 15.1 Å². The molecule has 0 aromatic carbocycles. The zero-order valence-electron chi connectivity index (χ0n) is 13.4. The van der Waals surface area contributed by atoms with Gasteiger partial charge in [-0.2, -0.15) is 0 Å². The van der Waals surface area contributed by atoms with Crippen molar-refractivity contribution in [2.24, 2.45) is 0 Å². The van der Waals surface area contributed by atoms with E-state index in [2.05, 4.69) is 0 Å². The van der Waals surface area contributed by atoms with E-state index >= 15 is 0 Å². The average Bonchev–Trinajstić information content (AvgIpc) is 1.70. The monoisotopic (exact) mass is 286 g/mol. The zero-order chi connectivity index (χ0) is 13.2. The Morgan fingerprint density at radius 2 is 0.706 bits per heavy atom. The fourth-order valence-electron chi connectivity index (χ4n) is 1.15. The van der Waals surface area contributed by atoms with Crippen LogP contribution in [0.15, 0.2) is 0 Å². The van der Waals surface area contributed by atoms with E-state index in [0.717, 1.165) is 0 Å². The maximum Gasteiger partial charge on any atom is 1.00 e. The maximum atomic E-state index is 5.92. The average molecular weight is 286 g/mol. The molecule has 98 valence electrons. The van der Waals surface area contributed by atoms with Gasteiger partial charge in [0.2, 0.25) is 0 Å². The second-order valence-electron chi connectivity index (χ2n) is 7.12. The summed E-state index contributed by atoms with van der Waals surface area (Å²) < 4.78 is 17.8. The van der Waals surface area contributed by atoms with Crippen LogP contribution in [0.2, 0.25) is 0 Å². The van der Waals surface area contributed by atoms with Crippen molar-refractivity contribution in [1.82, 2.24) is 0 Å². The van der Waals surface area contributed by atoms with Gasteiger partial charge in [-0.25, -0.2) is 0 Å². The molecule has 0 rings (SSSR count). The number of hydrogen-bond acceptors (Lipinski definition) is 3. The molecule has 17 heavy (non-hydrogen) atoms. The Kier molecular flexibility index (Phi) is 9.71. The molecule has 5 heteroatoms. The second kappa shape index (κ2) is 7.73. The first kappa shape index (κ1) is 21.3. The first-order chi connectivity index (χ1) is 6.79. The molecule has 0 radical (unpaired) electrons. The van der Waals surface area contributed by atoms with Crippen LogP contribution in [0.1, 0.15) is 62.3 Å². The molecule has 0 aromatic heterocycles. The zero-order valence-corrected chi connectivity index (χ0v) is 18.0. The van der Waals surface area contributed by atoms with Gasteiger partial charge in [0.05, 0.1) is 0 Å². The summed E-state index contributed by atoms with van der Waals surface area (Å²) in [5.41, 5.74) is -0.637. The van der Waals surface area contributed by atoms with E-state index in [4.69, 9.17) is 11.4 Å². The predicted octanol–water partition coefficient (Wildman–Crippen LogP) is 0.153. The van der Waals surface area contributed by atoms with Gasteiger partial charge in [-0.3, -0.25) is 0 Å². The Hall–Kier alpha value is 2.05. The third-order valence-corrected chi connectivity index (χ3v) is 4.96. The predicted molar refractivity (Wildman–Crippen MR) is 69.7 cm³/mol. The van der Waals surface area contributed by atoms with Crippen molar-refractivity contribution in [2.45, 2.75) is 79.1 Å². The Labute approximate surface area is 155 Å². The van der Waals surface area contributed by atoms with Crippen LogP contribution in [0, 0.1) is 0 Å². The van der Waals surface area contributed by atoms with Crippen molar-refractivity contribution in [3.8, 4) is 0 Å². The number of hydrogen-bond donors (Lipinski definition) is 0. The van der Waals surface area contributed by atoms with E-state index in [1.807, 2.05) is 62.3 Å². The van der Waals surface area contributed by atoms with E-state index in [9.17, 15) is 0 Å². The molecule has 0 spiro atoms. The van der Waals surface area contributed by atoms with E-state index in [1.54, 1.807) is 0 Å². The van der Waals surface area contributed by atoms with Crippen molar-refractivity contribution >= 4 is 15.1 Å². The SMILES string of the molecule is CC(C)(C)[O][AlH-]([O]C(C)(C)C)[O]C(C)(C)C.[K+]. The minimum absolute atomic E-state index is 0. The topological polar surface area (TPSA) is 27.7 Å². The van der Waals surface area contributed by atoms with Gasteiger partial charge in [-0.1, -0.05) is 0 Å². The maximum absolute atomic E-state index is 5.92. The van der Waals surface area contributed by atoms with E-state index in [-0.39, 0.29) is 68.2 Å². The largest absolute Gasteiger partial charge is 1.00 e. The Morgan fingerprint density at radius 3 is 0.824 bits per heavy atom. The van der Waals surface area contributed by atoms with Crippen molar-refractivity contribution in [3.05, 3.63) is 0 Å². The van der Waals surface area contributed by atoms with Gasteiger partial charge in [-0.15, -0.1) is 0 Å². The van der Waals surface area contributed by atoms with Crippen LogP contribution in [0.5, 0.6) is 0 Å². The van der Waals surface area contributed by atoms with Gasteiger partial charge < -0.3 is 11.4 Å². The molecule has 0 aliphatic heterocycles. The molecule has 0 N–H and O–H groups in total.